The van der Waals surface area contributed by atoms with E-state index in [2.05, 4.69) is 200 Å². The number of aliphatic hydroxyl groups is 1. The van der Waals surface area contributed by atoms with Crippen molar-refractivity contribution < 1.29 is 34.4 Å². The number of fused-ring (bicyclic) bond motifs is 2. The third-order valence-electron chi connectivity index (χ3n) is 10.6. The van der Waals surface area contributed by atoms with Gasteiger partial charge in [-0.25, -0.2) is 4.79 Å². The fourth-order valence-corrected chi connectivity index (χ4v) is 12.8. The van der Waals surface area contributed by atoms with Crippen LogP contribution in [0.1, 0.15) is 12.0 Å². The fraction of sp³-hybridized carbons (Fsp3) is 0.0893. The molecule has 63 heavy (non-hydrogen) atoms. The molecule has 1 N–H and O–H groups in total. The fourth-order valence-electron chi connectivity index (χ4n) is 7.66. The van der Waals surface area contributed by atoms with Gasteiger partial charge >= 0.3 is 5.63 Å². The van der Waals surface area contributed by atoms with E-state index in [-0.39, 0.29) is 37.8 Å². The molecule has 2 heterocycles. The van der Waals surface area contributed by atoms with Crippen molar-refractivity contribution in [3.05, 3.63) is 263 Å². The second kappa shape index (κ2) is 24.8. The largest absolute Gasteiger partial charge is 0.493 e. The number of rotatable bonds is 9. The summed E-state index contributed by atoms with van der Waals surface area (Å²) in [4.78, 5) is 11.3. The minimum absolute atomic E-state index is 0. The predicted molar refractivity (Wildman–Crippen MR) is 264 cm³/mol. The van der Waals surface area contributed by atoms with Gasteiger partial charge in [-0.15, -0.1) is 0 Å². The molecule has 1 radical (unpaired) electrons. The molecule has 0 spiro atoms. The van der Waals surface area contributed by atoms with Gasteiger partial charge < -0.3 is 14.3 Å². The number of hydrogen-bond acceptors (Lipinski definition) is 4. The second-order valence-corrected chi connectivity index (χ2v) is 19.5. The molecule has 8 aromatic rings. The summed E-state index contributed by atoms with van der Waals surface area (Å²) in [6.45, 7) is 0. The van der Waals surface area contributed by atoms with Gasteiger partial charge in [0.1, 0.15) is 43.3 Å². The first kappa shape index (κ1) is 46.7. The second-order valence-electron chi connectivity index (χ2n) is 14.6. The molecule has 2 aliphatic rings. The van der Waals surface area contributed by atoms with E-state index in [0.717, 1.165) is 25.2 Å². The van der Waals surface area contributed by atoms with Gasteiger partial charge in [-0.2, -0.15) is 35.9 Å². The van der Waals surface area contributed by atoms with E-state index >= 15 is 0 Å². The zero-order chi connectivity index (χ0) is 42.8. The Balaban J connectivity index is 0.000000154. The number of aryl methyl sites for hydroxylation is 1. The average Bonchev–Trinajstić information content (AvgIpc) is 3.75. The Kier molecular flexibility index (Phi) is 18.4. The maximum atomic E-state index is 11.3. The average molecular weight is 1040 g/mol. The molecule has 0 bridgehead atoms. The Hall–Kier alpha value is -5.76. The number of benzene rings is 7. The Morgan fingerprint density at radius 1 is 0.492 bits per heavy atom. The molecular formula is C56H51IrO4P2+. The van der Waals surface area contributed by atoms with E-state index in [1.54, 1.807) is 0 Å². The molecule has 1 aliphatic carbocycles. The number of hydrogen-bond donors (Lipinski definition) is 1. The Morgan fingerprint density at radius 2 is 0.889 bits per heavy atom. The summed E-state index contributed by atoms with van der Waals surface area (Å²) in [7, 11) is -0.755. The van der Waals surface area contributed by atoms with Gasteiger partial charge in [0.15, 0.2) is 0 Å². The van der Waals surface area contributed by atoms with Crippen LogP contribution in [0.2, 0.25) is 0 Å². The van der Waals surface area contributed by atoms with Crippen LogP contribution in [0, 0.1) is 12.0 Å². The van der Waals surface area contributed by atoms with Crippen molar-refractivity contribution in [1.82, 2.24) is 0 Å². The zero-order valence-corrected chi connectivity index (χ0v) is 39.5. The number of ether oxygens (including phenoxy) is 1. The van der Waals surface area contributed by atoms with Crippen molar-refractivity contribution in [2.24, 2.45) is 5.92 Å². The van der Waals surface area contributed by atoms with Gasteiger partial charge in [0, 0.05) is 50.5 Å². The molecule has 2 atom stereocenters. The molecular weight excluding hydrogens is 991 g/mol. The Labute approximate surface area is 386 Å². The summed E-state index contributed by atoms with van der Waals surface area (Å²) in [6, 6.07) is 79.6. The monoisotopic (exact) mass is 1040 g/mol. The summed E-state index contributed by atoms with van der Waals surface area (Å²) in [6.07, 6.45) is 7.72. The van der Waals surface area contributed by atoms with Crippen LogP contribution in [0.5, 0.6) is 0 Å². The molecule has 0 amide bonds. The topological polar surface area (TPSA) is 59.7 Å². The summed E-state index contributed by atoms with van der Waals surface area (Å²) in [5.74, 6) is 0.226. The SMILES string of the molecule is CO.O=c1ccc2c(o1)=CC1OC=C(CCc3[c-]cccc3)C1C=2.[Ir].c1ccc([PH+](c2ccccc2)c2ccccc2)cc1.c1ccc([PH+](c2ccccc2)c2ccccc2)cc1. The first-order chi connectivity index (χ1) is 30.7. The molecule has 0 saturated heterocycles. The first-order valence-corrected chi connectivity index (χ1v) is 23.8. The van der Waals surface area contributed by atoms with Crippen LogP contribution in [0.25, 0.3) is 12.2 Å². The molecule has 1 aromatic heterocycles. The summed E-state index contributed by atoms with van der Waals surface area (Å²) in [5, 5.41) is 16.6. The van der Waals surface area contributed by atoms with Crippen molar-refractivity contribution in [3.8, 4) is 0 Å². The van der Waals surface area contributed by atoms with Crippen LogP contribution in [-0.2, 0) is 31.3 Å². The third kappa shape index (κ3) is 12.9. The van der Waals surface area contributed by atoms with Crippen molar-refractivity contribution in [1.29, 1.82) is 0 Å². The molecule has 317 valence electrons. The van der Waals surface area contributed by atoms with E-state index in [9.17, 15) is 4.79 Å². The molecule has 7 heteroatoms. The van der Waals surface area contributed by atoms with Gasteiger partial charge in [-0.05, 0) is 97.3 Å². The van der Waals surface area contributed by atoms with Crippen LogP contribution in [0.4, 0.5) is 0 Å². The summed E-state index contributed by atoms with van der Waals surface area (Å²) >= 11 is 0. The van der Waals surface area contributed by atoms with E-state index in [1.807, 2.05) is 36.6 Å². The van der Waals surface area contributed by atoms with Crippen LogP contribution in [0.3, 0.4) is 0 Å². The molecule has 4 nitrogen and oxygen atoms in total. The summed E-state index contributed by atoms with van der Waals surface area (Å²) < 4.78 is 11.0. The third-order valence-corrected chi connectivity index (χ3v) is 16.0. The predicted octanol–water partition coefficient (Wildman–Crippen LogP) is 7.51. The van der Waals surface area contributed by atoms with Gasteiger partial charge in [-0.3, -0.25) is 0 Å². The smallest absolute Gasteiger partial charge is 0.336 e. The molecule has 0 saturated carbocycles. The molecule has 1 aliphatic heterocycles. The van der Waals surface area contributed by atoms with Gasteiger partial charge in [0.05, 0.1) is 22.1 Å². The standard InChI is InChI=1S/C19H15O3.2C18H15P.CH4O.Ir/c20-19-9-8-14-10-16-15(7-6-13-4-2-1-3-5-13)12-21-18(16)11-17(14)22-19;2*1-4-10-16(11-5-1)19(17-12-6-2-7-13-17)18-14-8-3-9-15-18;1-2;/h1-4,8-12,16,18H,6-7H2;2*1-15H;2H,1H3;/q-1;;;;/p+2. The molecule has 7 aromatic carbocycles. The normalized spacial score (nSPS) is 14.1. The van der Waals surface area contributed by atoms with Crippen LogP contribution in [-0.4, -0.2) is 18.3 Å². The van der Waals surface area contributed by atoms with E-state index in [4.69, 9.17) is 14.3 Å². The van der Waals surface area contributed by atoms with E-state index < -0.39 is 15.8 Å². The van der Waals surface area contributed by atoms with Gasteiger partial charge in [0.2, 0.25) is 0 Å². The minimum atomic E-state index is -0.877. The van der Waals surface area contributed by atoms with Crippen molar-refractivity contribution in [2.75, 3.05) is 7.11 Å². The van der Waals surface area contributed by atoms with Crippen LogP contribution < -0.4 is 48.1 Å². The van der Waals surface area contributed by atoms with E-state index in [0.29, 0.717) is 5.42 Å². The van der Waals surface area contributed by atoms with E-state index in [1.165, 1.54) is 49.0 Å². The van der Waals surface area contributed by atoms with Crippen molar-refractivity contribution in [2.45, 2.75) is 18.9 Å². The quantitative estimate of drug-likeness (QED) is 0.120. The molecule has 0 fully saturated rings. The summed E-state index contributed by atoms with van der Waals surface area (Å²) in [5.41, 5.74) is 2.76. The maximum Gasteiger partial charge on any atom is 0.336 e. The van der Waals surface area contributed by atoms with Crippen molar-refractivity contribution >= 4 is 59.8 Å². The zero-order valence-electron chi connectivity index (χ0n) is 35.1. The molecule has 2 unspecified atom stereocenters. The molecule has 10 rings (SSSR count). The van der Waals surface area contributed by atoms with Crippen LogP contribution in [0.15, 0.2) is 239 Å². The van der Waals surface area contributed by atoms with Gasteiger partial charge in [-0.1, -0.05) is 115 Å². The Morgan fingerprint density at radius 3 is 1.27 bits per heavy atom. The maximum absolute atomic E-state index is 11.3. The first-order valence-electron chi connectivity index (χ1n) is 20.8. The minimum Gasteiger partial charge on any atom is -0.493 e. The van der Waals surface area contributed by atoms with Crippen LogP contribution >= 0.6 is 15.8 Å². The van der Waals surface area contributed by atoms with Gasteiger partial charge in [0.25, 0.3) is 0 Å². The Bertz CT molecular complexity index is 2450. The number of aliphatic hydroxyl groups excluding tert-OH is 1. The van der Waals surface area contributed by atoms with Crippen molar-refractivity contribution in [3.63, 3.8) is 0 Å².